The van der Waals surface area contributed by atoms with E-state index in [2.05, 4.69) is 15.9 Å². The maximum atomic E-state index is 11.9. The molecular formula is C17H14BrNO3. The van der Waals surface area contributed by atoms with Crippen LogP contribution in [0.15, 0.2) is 53.0 Å². The predicted octanol–water partition coefficient (Wildman–Crippen LogP) is 3.83. The molecule has 0 aromatic heterocycles. The largest absolute Gasteiger partial charge is 0.479 e. The number of hydrogen-bond donors (Lipinski definition) is 0. The quantitative estimate of drug-likeness (QED) is 0.761. The zero-order chi connectivity index (χ0) is 15.9. The van der Waals surface area contributed by atoms with E-state index in [1.165, 1.54) is 0 Å². The summed E-state index contributed by atoms with van der Waals surface area (Å²) in [6.07, 6.45) is -0.708. The molecule has 2 aromatic rings. The topological polar surface area (TPSA) is 59.3 Å². The first-order valence-electron chi connectivity index (χ1n) is 6.66. The zero-order valence-electron chi connectivity index (χ0n) is 12.0. The number of nitriles is 1. The van der Waals surface area contributed by atoms with Gasteiger partial charge in [0.2, 0.25) is 0 Å². The fraction of sp³-hybridized carbons (Fsp3) is 0.176. The molecule has 5 heteroatoms. The van der Waals surface area contributed by atoms with Crippen LogP contribution in [0.1, 0.15) is 18.1 Å². The molecule has 0 radical (unpaired) electrons. The van der Waals surface area contributed by atoms with Gasteiger partial charge in [-0.05, 0) is 48.9 Å². The third kappa shape index (κ3) is 4.61. The molecule has 0 N–H and O–H groups in total. The van der Waals surface area contributed by atoms with Gasteiger partial charge in [-0.3, -0.25) is 0 Å². The van der Waals surface area contributed by atoms with Crippen molar-refractivity contribution in [3.63, 3.8) is 0 Å². The molecule has 0 aliphatic heterocycles. The zero-order valence-corrected chi connectivity index (χ0v) is 13.5. The number of benzene rings is 2. The van der Waals surface area contributed by atoms with Crippen molar-refractivity contribution >= 4 is 21.9 Å². The van der Waals surface area contributed by atoms with Crippen LogP contribution in [-0.2, 0) is 16.1 Å². The molecule has 1 unspecified atom stereocenters. The normalized spacial score (nSPS) is 11.3. The first kappa shape index (κ1) is 16.1. The van der Waals surface area contributed by atoms with Crippen molar-refractivity contribution in [3.05, 3.63) is 64.1 Å². The van der Waals surface area contributed by atoms with Crippen LogP contribution in [0.2, 0.25) is 0 Å². The highest BCUT2D eigenvalue weighted by atomic mass is 79.9. The first-order valence-corrected chi connectivity index (χ1v) is 7.45. The van der Waals surface area contributed by atoms with Crippen LogP contribution < -0.4 is 4.74 Å². The van der Waals surface area contributed by atoms with Gasteiger partial charge in [-0.25, -0.2) is 4.79 Å². The summed E-state index contributed by atoms with van der Waals surface area (Å²) in [4.78, 5) is 11.9. The molecule has 22 heavy (non-hydrogen) atoms. The Hall–Kier alpha value is -2.32. The standard InChI is InChI=1S/C17H14BrNO3/c1-12(22-16-7-5-15(18)6-8-16)17(20)21-11-14-4-2-3-13(9-14)10-19/h2-9,12H,11H2,1H3. The van der Waals surface area contributed by atoms with Crippen LogP contribution in [0.25, 0.3) is 0 Å². The molecule has 0 bridgehead atoms. The summed E-state index contributed by atoms with van der Waals surface area (Å²) < 4.78 is 11.7. The van der Waals surface area contributed by atoms with Crippen molar-refractivity contribution in [1.82, 2.24) is 0 Å². The summed E-state index contributed by atoms with van der Waals surface area (Å²) in [5, 5.41) is 8.83. The van der Waals surface area contributed by atoms with Crippen LogP contribution in [0, 0.1) is 11.3 Å². The fourth-order valence-electron chi connectivity index (χ4n) is 1.77. The van der Waals surface area contributed by atoms with Gasteiger partial charge in [0, 0.05) is 4.47 Å². The molecule has 0 saturated heterocycles. The maximum absolute atomic E-state index is 11.9. The second-order valence-electron chi connectivity index (χ2n) is 4.63. The van der Waals surface area contributed by atoms with E-state index in [4.69, 9.17) is 14.7 Å². The van der Waals surface area contributed by atoms with Crippen molar-refractivity contribution < 1.29 is 14.3 Å². The first-order chi connectivity index (χ1) is 10.6. The van der Waals surface area contributed by atoms with E-state index >= 15 is 0 Å². The SMILES string of the molecule is CC(Oc1ccc(Br)cc1)C(=O)OCc1cccc(C#N)c1. The number of hydrogen-bond acceptors (Lipinski definition) is 4. The monoisotopic (exact) mass is 359 g/mol. The number of esters is 1. The van der Waals surface area contributed by atoms with Gasteiger partial charge in [0.05, 0.1) is 11.6 Å². The molecule has 0 aliphatic rings. The van der Waals surface area contributed by atoms with Gasteiger partial charge in [0.25, 0.3) is 0 Å². The Morgan fingerprint density at radius 3 is 2.68 bits per heavy atom. The molecule has 0 fully saturated rings. The molecule has 1 atom stereocenters. The number of rotatable bonds is 5. The Balaban J connectivity index is 1.88. The average molecular weight is 360 g/mol. The lowest BCUT2D eigenvalue weighted by Crippen LogP contribution is -2.26. The van der Waals surface area contributed by atoms with E-state index in [9.17, 15) is 4.79 Å². The second kappa shape index (κ2) is 7.62. The summed E-state index contributed by atoms with van der Waals surface area (Å²) in [6.45, 7) is 1.75. The molecule has 0 aliphatic carbocycles. The second-order valence-corrected chi connectivity index (χ2v) is 5.55. The van der Waals surface area contributed by atoms with Crippen LogP contribution in [0.3, 0.4) is 0 Å². The minimum absolute atomic E-state index is 0.113. The highest BCUT2D eigenvalue weighted by Crippen LogP contribution is 2.17. The van der Waals surface area contributed by atoms with Crippen molar-refractivity contribution in [2.75, 3.05) is 0 Å². The molecular weight excluding hydrogens is 346 g/mol. The van der Waals surface area contributed by atoms with Crippen LogP contribution in [-0.4, -0.2) is 12.1 Å². The Labute approximate surface area is 137 Å². The molecule has 0 spiro atoms. The van der Waals surface area contributed by atoms with Gasteiger partial charge in [-0.2, -0.15) is 5.26 Å². The smallest absolute Gasteiger partial charge is 0.347 e. The van der Waals surface area contributed by atoms with Crippen molar-refractivity contribution in [3.8, 4) is 11.8 Å². The highest BCUT2D eigenvalue weighted by molar-refractivity contribution is 9.10. The number of ether oxygens (including phenoxy) is 2. The third-order valence-corrected chi connectivity index (χ3v) is 3.42. The van der Waals surface area contributed by atoms with Crippen molar-refractivity contribution in [2.24, 2.45) is 0 Å². The van der Waals surface area contributed by atoms with E-state index < -0.39 is 12.1 Å². The van der Waals surface area contributed by atoms with E-state index in [0.717, 1.165) is 10.0 Å². The van der Waals surface area contributed by atoms with Gasteiger partial charge < -0.3 is 9.47 Å². The summed E-state index contributed by atoms with van der Waals surface area (Å²) >= 11 is 3.33. The maximum Gasteiger partial charge on any atom is 0.347 e. The summed E-state index contributed by atoms with van der Waals surface area (Å²) in [6, 6.07) is 16.2. The fourth-order valence-corrected chi connectivity index (χ4v) is 2.03. The van der Waals surface area contributed by atoms with Crippen molar-refractivity contribution in [2.45, 2.75) is 19.6 Å². The Bertz CT molecular complexity index is 692. The van der Waals surface area contributed by atoms with E-state index in [0.29, 0.717) is 11.3 Å². The summed E-state index contributed by atoms with van der Waals surface area (Å²) in [5.41, 5.74) is 1.30. The minimum Gasteiger partial charge on any atom is -0.479 e. The lowest BCUT2D eigenvalue weighted by Gasteiger charge is -2.14. The highest BCUT2D eigenvalue weighted by Gasteiger charge is 2.16. The lowest BCUT2D eigenvalue weighted by molar-refractivity contribution is -0.152. The Morgan fingerprint density at radius 2 is 2.00 bits per heavy atom. The number of carbonyl (C=O) groups is 1. The molecule has 0 heterocycles. The van der Waals surface area contributed by atoms with E-state index in [-0.39, 0.29) is 6.61 Å². The van der Waals surface area contributed by atoms with Gasteiger partial charge in [-0.1, -0.05) is 28.1 Å². The molecule has 0 saturated carbocycles. The van der Waals surface area contributed by atoms with Gasteiger partial charge in [-0.15, -0.1) is 0 Å². The minimum atomic E-state index is -0.708. The molecule has 0 amide bonds. The van der Waals surface area contributed by atoms with Gasteiger partial charge >= 0.3 is 5.97 Å². The number of carbonyl (C=O) groups excluding carboxylic acids is 1. The third-order valence-electron chi connectivity index (χ3n) is 2.90. The Morgan fingerprint density at radius 1 is 1.27 bits per heavy atom. The summed E-state index contributed by atoms with van der Waals surface area (Å²) in [7, 11) is 0. The Kier molecular flexibility index (Phi) is 5.56. The molecule has 2 aromatic carbocycles. The van der Waals surface area contributed by atoms with Crippen LogP contribution >= 0.6 is 15.9 Å². The molecule has 112 valence electrons. The predicted molar refractivity (Wildman–Crippen MR) is 85.2 cm³/mol. The van der Waals surface area contributed by atoms with Crippen molar-refractivity contribution in [1.29, 1.82) is 5.26 Å². The van der Waals surface area contributed by atoms with Crippen LogP contribution in [0.5, 0.6) is 5.75 Å². The van der Waals surface area contributed by atoms with Gasteiger partial charge in [0.1, 0.15) is 12.4 Å². The van der Waals surface area contributed by atoms with E-state index in [1.54, 1.807) is 43.3 Å². The number of nitrogens with zero attached hydrogens (tertiary/aromatic N) is 1. The lowest BCUT2D eigenvalue weighted by atomic mass is 10.1. The van der Waals surface area contributed by atoms with Gasteiger partial charge in [0.15, 0.2) is 6.10 Å². The molecule has 2 rings (SSSR count). The average Bonchev–Trinajstić information content (AvgIpc) is 2.54. The van der Waals surface area contributed by atoms with E-state index in [1.807, 2.05) is 18.2 Å². The summed E-state index contributed by atoms with van der Waals surface area (Å²) in [5.74, 6) is 0.143. The van der Waals surface area contributed by atoms with Crippen LogP contribution in [0.4, 0.5) is 0 Å². The number of halogens is 1. The molecule has 4 nitrogen and oxygen atoms in total.